The summed E-state index contributed by atoms with van der Waals surface area (Å²) in [5, 5.41) is 9.59. The van der Waals surface area contributed by atoms with Crippen molar-refractivity contribution in [2.24, 2.45) is 0 Å². The van der Waals surface area contributed by atoms with Gasteiger partial charge in [0.2, 0.25) is 0 Å². The number of aromatic nitrogens is 5. The molecule has 0 aliphatic heterocycles. The molecule has 0 saturated heterocycles. The molecule has 0 bridgehead atoms. The van der Waals surface area contributed by atoms with E-state index in [1.807, 2.05) is 29.7 Å². The summed E-state index contributed by atoms with van der Waals surface area (Å²) < 4.78 is 6.76. The molecule has 0 aliphatic rings. The zero-order valence-corrected chi connectivity index (χ0v) is 17.3. The summed E-state index contributed by atoms with van der Waals surface area (Å²) in [6, 6.07) is 14.8. The van der Waals surface area contributed by atoms with E-state index in [4.69, 9.17) is 4.74 Å². The Bertz CT molecular complexity index is 1270. The van der Waals surface area contributed by atoms with Crippen LogP contribution in [0.2, 0.25) is 0 Å². The van der Waals surface area contributed by atoms with Gasteiger partial charge in [-0.25, -0.2) is 9.78 Å². The summed E-state index contributed by atoms with van der Waals surface area (Å²) in [6.45, 7) is 2.57. The maximum Gasteiger partial charge on any atom is 0.337 e. The molecule has 1 N–H and O–H groups in total. The van der Waals surface area contributed by atoms with Crippen molar-refractivity contribution in [1.29, 1.82) is 0 Å². The summed E-state index contributed by atoms with van der Waals surface area (Å²) in [5.74, 6) is 1.23. The molecule has 0 spiro atoms. The van der Waals surface area contributed by atoms with Crippen molar-refractivity contribution >= 4 is 28.6 Å². The molecule has 152 valence electrons. The van der Waals surface area contributed by atoms with Crippen LogP contribution in [-0.2, 0) is 17.0 Å². The highest BCUT2D eigenvalue weighted by Gasteiger charge is 2.13. The molecule has 0 saturated carbocycles. The van der Waals surface area contributed by atoms with Gasteiger partial charge in [0.25, 0.3) is 5.56 Å². The Hall–Kier alpha value is -3.46. The van der Waals surface area contributed by atoms with Gasteiger partial charge in [-0.1, -0.05) is 42.1 Å². The molecule has 30 heavy (non-hydrogen) atoms. The van der Waals surface area contributed by atoms with E-state index >= 15 is 0 Å². The largest absolute Gasteiger partial charge is 0.465 e. The van der Waals surface area contributed by atoms with E-state index in [1.165, 1.54) is 18.9 Å². The number of rotatable bonds is 6. The molecule has 0 aliphatic carbocycles. The number of nitrogens with zero attached hydrogens (tertiary/aromatic N) is 4. The maximum atomic E-state index is 12.4. The number of carbonyl (C=O) groups is 1. The number of fused-ring (bicyclic) bond motifs is 1. The fourth-order valence-electron chi connectivity index (χ4n) is 3.05. The Morgan fingerprint density at radius 2 is 1.97 bits per heavy atom. The topological polar surface area (TPSA) is 103 Å². The first-order chi connectivity index (χ1) is 14.5. The van der Waals surface area contributed by atoms with E-state index < -0.39 is 5.97 Å². The van der Waals surface area contributed by atoms with Crippen molar-refractivity contribution in [3.63, 3.8) is 0 Å². The van der Waals surface area contributed by atoms with Gasteiger partial charge in [-0.2, -0.15) is 0 Å². The summed E-state index contributed by atoms with van der Waals surface area (Å²) in [6.07, 6.45) is 0. The van der Waals surface area contributed by atoms with Gasteiger partial charge in [-0.05, 0) is 30.7 Å². The SMILES string of the molecule is COC(=O)c1ccc2c(=O)[nH]c(CSc3nnc(C)n3Cc3ccccc3)nc2c1. The minimum Gasteiger partial charge on any atom is -0.465 e. The zero-order valence-electron chi connectivity index (χ0n) is 16.5. The average Bonchev–Trinajstić information content (AvgIpc) is 3.11. The smallest absolute Gasteiger partial charge is 0.337 e. The molecule has 0 unspecified atom stereocenters. The lowest BCUT2D eigenvalue weighted by Crippen LogP contribution is -2.12. The molecule has 8 nitrogen and oxygen atoms in total. The lowest BCUT2D eigenvalue weighted by atomic mass is 10.1. The minimum atomic E-state index is -0.473. The number of ether oxygens (including phenoxy) is 1. The van der Waals surface area contributed by atoms with Crippen LogP contribution in [0.15, 0.2) is 58.5 Å². The van der Waals surface area contributed by atoms with Crippen molar-refractivity contribution < 1.29 is 9.53 Å². The standard InChI is InChI=1S/C21H19N5O3S/c1-13-24-25-21(26(13)11-14-6-4-3-5-7-14)30-12-18-22-17-10-15(20(28)29-2)8-9-16(17)19(27)23-18/h3-10H,11-12H2,1-2H3,(H,22,23,27). The Morgan fingerprint density at radius 3 is 2.73 bits per heavy atom. The summed E-state index contributed by atoms with van der Waals surface area (Å²) in [4.78, 5) is 31.5. The summed E-state index contributed by atoms with van der Waals surface area (Å²) in [7, 11) is 1.31. The Labute approximate surface area is 176 Å². The van der Waals surface area contributed by atoms with E-state index in [0.29, 0.717) is 34.6 Å². The van der Waals surface area contributed by atoms with Crippen molar-refractivity contribution in [3.05, 3.63) is 81.7 Å². The molecule has 4 rings (SSSR count). The zero-order chi connectivity index (χ0) is 21.1. The predicted octanol–water partition coefficient (Wildman–Crippen LogP) is 2.95. The number of hydrogen-bond acceptors (Lipinski definition) is 7. The third kappa shape index (κ3) is 4.11. The summed E-state index contributed by atoms with van der Waals surface area (Å²) >= 11 is 1.44. The molecular formula is C21H19N5O3S. The molecule has 2 heterocycles. The van der Waals surface area contributed by atoms with E-state index in [2.05, 4.69) is 32.3 Å². The molecule has 0 radical (unpaired) electrons. The number of aromatic amines is 1. The molecule has 0 atom stereocenters. The highest BCUT2D eigenvalue weighted by atomic mass is 32.2. The van der Waals surface area contributed by atoms with Gasteiger partial charge >= 0.3 is 5.97 Å². The second kappa shape index (κ2) is 8.50. The van der Waals surface area contributed by atoms with Gasteiger partial charge < -0.3 is 14.3 Å². The summed E-state index contributed by atoms with van der Waals surface area (Å²) in [5.41, 5.74) is 1.68. The predicted molar refractivity (Wildman–Crippen MR) is 114 cm³/mol. The Morgan fingerprint density at radius 1 is 1.17 bits per heavy atom. The first-order valence-electron chi connectivity index (χ1n) is 9.23. The molecular weight excluding hydrogens is 402 g/mol. The van der Waals surface area contributed by atoms with Crippen LogP contribution in [0.1, 0.15) is 27.6 Å². The first-order valence-corrected chi connectivity index (χ1v) is 10.2. The van der Waals surface area contributed by atoms with Gasteiger partial charge in [0.15, 0.2) is 5.16 Å². The van der Waals surface area contributed by atoms with Gasteiger partial charge in [0, 0.05) is 0 Å². The molecule has 0 amide bonds. The van der Waals surface area contributed by atoms with E-state index in [9.17, 15) is 9.59 Å². The second-order valence-corrected chi connectivity index (χ2v) is 7.57. The number of hydrogen-bond donors (Lipinski definition) is 1. The highest BCUT2D eigenvalue weighted by molar-refractivity contribution is 7.98. The third-order valence-corrected chi connectivity index (χ3v) is 5.58. The van der Waals surface area contributed by atoms with Gasteiger partial charge in [-0.15, -0.1) is 10.2 Å². The number of esters is 1. The lowest BCUT2D eigenvalue weighted by molar-refractivity contribution is 0.0601. The van der Waals surface area contributed by atoms with Crippen molar-refractivity contribution in [2.75, 3.05) is 7.11 Å². The quantitative estimate of drug-likeness (QED) is 0.377. The van der Waals surface area contributed by atoms with Crippen LogP contribution < -0.4 is 5.56 Å². The van der Waals surface area contributed by atoms with Crippen LogP contribution in [0.5, 0.6) is 0 Å². The van der Waals surface area contributed by atoms with Crippen LogP contribution in [0.4, 0.5) is 0 Å². The second-order valence-electron chi connectivity index (χ2n) is 6.63. The number of H-pyrrole nitrogens is 1. The molecule has 0 fully saturated rings. The van der Waals surface area contributed by atoms with Crippen LogP contribution in [-0.4, -0.2) is 37.8 Å². The van der Waals surface area contributed by atoms with Gasteiger partial charge in [-0.3, -0.25) is 4.79 Å². The van der Waals surface area contributed by atoms with Crippen molar-refractivity contribution in [3.8, 4) is 0 Å². The highest BCUT2D eigenvalue weighted by Crippen LogP contribution is 2.22. The third-order valence-electron chi connectivity index (χ3n) is 4.60. The molecule has 9 heteroatoms. The van der Waals surface area contributed by atoms with Gasteiger partial charge in [0.1, 0.15) is 11.6 Å². The lowest BCUT2D eigenvalue weighted by Gasteiger charge is -2.09. The molecule has 2 aromatic carbocycles. The number of carbonyl (C=O) groups excluding carboxylic acids is 1. The number of thioether (sulfide) groups is 1. The fourth-order valence-corrected chi connectivity index (χ4v) is 3.90. The van der Waals surface area contributed by atoms with Crippen molar-refractivity contribution in [1.82, 2.24) is 24.7 Å². The first kappa shape index (κ1) is 19.8. The molecule has 2 aromatic heterocycles. The van der Waals surface area contributed by atoms with E-state index in [0.717, 1.165) is 16.5 Å². The monoisotopic (exact) mass is 421 g/mol. The van der Waals surface area contributed by atoms with Crippen molar-refractivity contribution in [2.45, 2.75) is 24.4 Å². The van der Waals surface area contributed by atoms with E-state index in [1.54, 1.807) is 18.2 Å². The number of nitrogens with one attached hydrogen (secondary N) is 1. The van der Waals surface area contributed by atoms with Crippen LogP contribution in [0.3, 0.4) is 0 Å². The van der Waals surface area contributed by atoms with Crippen LogP contribution in [0.25, 0.3) is 10.9 Å². The normalized spacial score (nSPS) is 11.0. The van der Waals surface area contributed by atoms with E-state index in [-0.39, 0.29) is 5.56 Å². The van der Waals surface area contributed by atoms with Gasteiger partial charge in [0.05, 0.1) is 35.9 Å². The fraction of sp³-hybridized carbons (Fsp3) is 0.190. The molecule has 4 aromatic rings. The average molecular weight is 421 g/mol. The van der Waals surface area contributed by atoms with Crippen LogP contribution >= 0.6 is 11.8 Å². The van der Waals surface area contributed by atoms with Crippen LogP contribution in [0, 0.1) is 6.92 Å². The number of methoxy groups -OCH3 is 1. The number of aryl methyl sites for hydroxylation is 1. The Balaban J connectivity index is 1.58. The Kier molecular flexibility index (Phi) is 5.62. The maximum absolute atomic E-state index is 12.4. The number of benzene rings is 2. The minimum absolute atomic E-state index is 0.256.